The quantitative estimate of drug-likeness (QED) is 0.938. The molecule has 6 heteroatoms. The molecule has 3 rings (SSSR count). The van der Waals surface area contributed by atoms with Crippen molar-refractivity contribution in [2.75, 3.05) is 18.1 Å². The molecule has 0 fully saturated rings. The fourth-order valence-electron chi connectivity index (χ4n) is 2.33. The molecule has 2 heterocycles. The van der Waals surface area contributed by atoms with Crippen molar-refractivity contribution < 1.29 is 8.78 Å². The summed E-state index contributed by atoms with van der Waals surface area (Å²) in [7, 11) is 0. The first kappa shape index (κ1) is 12.5. The highest BCUT2D eigenvalue weighted by Gasteiger charge is 2.23. The smallest absolute Gasteiger partial charge is 0.151 e. The Hall–Kier alpha value is -1.56. The maximum atomic E-state index is 13.9. The van der Waals surface area contributed by atoms with Crippen molar-refractivity contribution >= 4 is 17.6 Å². The minimum Gasteiger partial charge on any atom is -0.369 e. The summed E-state index contributed by atoms with van der Waals surface area (Å²) in [5.41, 5.74) is 2.38. The van der Waals surface area contributed by atoms with Gasteiger partial charge in [0.2, 0.25) is 0 Å². The molecule has 0 unspecified atom stereocenters. The van der Waals surface area contributed by atoms with Crippen LogP contribution in [0.25, 0.3) is 5.69 Å². The van der Waals surface area contributed by atoms with Crippen LogP contribution in [0, 0.1) is 11.6 Å². The number of benzene rings is 1. The second-order valence-corrected chi connectivity index (χ2v) is 5.26. The number of hydrogen-bond acceptors (Lipinski definition) is 3. The molecule has 3 nitrogen and oxygen atoms in total. The number of nitrogens with zero attached hydrogens (tertiary/aromatic N) is 2. The molecule has 0 spiro atoms. The molecule has 1 aromatic heterocycles. The second-order valence-electron chi connectivity index (χ2n) is 4.39. The zero-order valence-corrected chi connectivity index (χ0v) is 11.2. The number of rotatable bonds is 3. The van der Waals surface area contributed by atoms with E-state index in [4.69, 9.17) is 0 Å². The van der Waals surface area contributed by atoms with Crippen LogP contribution in [0.1, 0.15) is 11.3 Å². The van der Waals surface area contributed by atoms with E-state index in [9.17, 15) is 8.78 Å². The van der Waals surface area contributed by atoms with E-state index < -0.39 is 11.6 Å². The molecule has 0 atom stereocenters. The van der Waals surface area contributed by atoms with Crippen molar-refractivity contribution in [1.29, 1.82) is 0 Å². The largest absolute Gasteiger partial charge is 0.369 e. The summed E-state index contributed by atoms with van der Waals surface area (Å²) in [4.78, 5) is 0. The number of fused-ring (bicyclic) bond motifs is 1. The van der Waals surface area contributed by atoms with Crippen LogP contribution in [0.5, 0.6) is 0 Å². The van der Waals surface area contributed by atoms with E-state index in [1.165, 1.54) is 12.1 Å². The van der Waals surface area contributed by atoms with Gasteiger partial charge >= 0.3 is 0 Å². The SMILES string of the molecule is CSCc1nn(-c2ccc(F)cc2F)c2c1CCN2. The second kappa shape index (κ2) is 4.85. The Morgan fingerprint density at radius 3 is 3.00 bits per heavy atom. The molecule has 19 heavy (non-hydrogen) atoms. The number of halogens is 2. The number of aromatic nitrogens is 2. The average Bonchev–Trinajstić information content (AvgIpc) is 2.94. The van der Waals surface area contributed by atoms with Gasteiger partial charge in [0.05, 0.1) is 5.69 Å². The maximum Gasteiger partial charge on any atom is 0.151 e. The van der Waals surface area contributed by atoms with Gasteiger partial charge in [0, 0.05) is 23.9 Å². The summed E-state index contributed by atoms with van der Waals surface area (Å²) >= 11 is 1.68. The molecular formula is C13H13F2N3S. The van der Waals surface area contributed by atoms with Gasteiger partial charge in [-0.1, -0.05) is 0 Å². The van der Waals surface area contributed by atoms with Crippen molar-refractivity contribution in [3.63, 3.8) is 0 Å². The van der Waals surface area contributed by atoms with Crippen molar-refractivity contribution in [2.24, 2.45) is 0 Å². The monoisotopic (exact) mass is 281 g/mol. The highest BCUT2D eigenvalue weighted by atomic mass is 32.2. The summed E-state index contributed by atoms with van der Waals surface area (Å²) in [6, 6.07) is 3.54. The fraction of sp³-hybridized carbons (Fsp3) is 0.308. The molecule has 0 radical (unpaired) electrons. The first-order valence-corrected chi connectivity index (χ1v) is 7.39. The van der Waals surface area contributed by atoms with Crippen LogP contribution < -0.4 is 5.32 Å². The lowest BCUT2D eigenvalue weighted by Crippen LogP contribution is -2.06. The molecule has 100 valence electrons. The normalized spacial score (nSPS) is 13.4. The van der Waals surface area contributed by atoms with Gasteiger partial charge in [-0.25, -0.2) is 13.5 Å². The molecule has 0 aliphatic carbocycles. The summed E-state index contributed by atoms with van der Waals surface area (Å²) < 4.78 is 28.4. The van der Waals surface area contributed by atoms with Crippen LogP contribution in [0.2, 0.25) is 0 Å². The zero-order valence-electron chi connectivity index (χ0n) is 10.4. The van der Waals surface area contributed by atoms with Gasteiger partial charge in [-0.3, -0.25) is 0 Å². The van der Waals surface area contributed by atoms with Crippen LogP contribution in [0.3, 0.4) is 0 Å². The van der Waals surface area contributed by atoms with Crippen LogP contribution in [-0.2, 0) is 12.2 Å². The maximum absolute atomic E-state index is 13.9. The van der Waals surface area contributed by atoms with E-state index in [0.717, 1.165) is 41.9 Å². The third-order valence-electron chi connectivity index (χ3n) is 3.15. The Kier molecular flexibility index (Phi) is 3.18. The number of nitrogens with one attached hydrogen (secondary N) is 1. The van der Waals surface area contributed by atoms with Crippen LogP contribution in [-0.4, -0.2) is 22.6 Å². The highest BCUT2D eigenvalue weighted by Crippen LogP contribution is 2.31. The Morgan fingerprint density at radius 1 is 1.42 bits per heavy atom. The molecule has 1 N–H and O–H groups in total. The van der Waals surface area contributed by atoms with Gasteiger partial charge in [-0.2, -0.15) is 16.9 Å². The lowest BCUT2D eigenvalue weighted by molar-refractivity contribution is 0.574. The number of anilines is 1. The summed E-state index contributed by atoms with van der Waals surface area (Å²) in [6.45, 7) is 0.831. The molecular weight excluding hydrogens is 268 g/mol. The Balaban J connectivity index is 2.12. The fourth-order valence-corrected chi connectivity index (χ4v) is 2.83. The summed E-state index contributed by atoms with van der Waals surface area (Å²) in [6.07, 6.45) is 2.90. The molecule has 2 aromatic rings. The van der Waals surface area contributed by atoms with Gasteiger partial charge < -0.3 is 5.32 Å². The van der Waals surface area contributed by atoms with Gasteiger partial charge in [0.15, 0.2) is 5.82 Å². The molecule has 0 saturated carbocycles. The topological polar surface area (TPSA) is 29.9 Å². The van der Waals surface area contributed by atoms with Crippen LogP contribution >= 0.6 is 11.8 Å². The Bertz CT molecular complexity index is 625. The van der Waals surface area contributed by atoms with Gasteiger partial charge in [-0.15, -0.1) is 0 Å². The molecule has 0 bridgehead atoms. The number of thioether (sulfide) groups is 1. The molecule has 1 aromatic carbocycles. The molecule has 1 aliphatic heterocycles. The third kappa shape index (κ3) is 2.10. The Morgan fingerprint density at radius 2 is 2.26 bits per heavy atom. The summed E-state index contributed by atoms with van der Waals surface area (Å²) in [5, 5.41) is 7.67. The predicted molar refractivity (Wildman–Crippen MR) is 72.9 cm³/mol. The summed E-state index contributed by atoms with van der Waals surface area (Å²) in [5.74, 6) is 0.437. The van der Waals surface area contributed by atoms with Crippen molar-refractivity contribution in [3.05, 3.63) is 41.1 Å². The van der Waals surface area contributed by atoms with Gasteiger partial charge in [0.25, 0.3) is 0 Å². The van der Waals surface area contributed by atoms with E-state index in [-0.39, 0.29) is 5.69 Å². The minimum atomic E-state index is -0.602. The first-order chi connectivity index (χ1) is 9.20. The standard InChI is InChI=1S/C13H13F2N3S/c1-19-7-11-9-4-5-16-13(9)18(17-11)12-3-2-8(14)6-10(12)15/h2-3,6,16H,4-5,7H2,1H3. The molecule has 0 saturated heterocycles. The van der Waals surface area contributed by atoms with E-state index in [1.807, 2.05) is 6.26 Å². The third-order valence-corrected chi connectivity index (χ3v) is 3.72. The Labute approximate surface area is 114 Å². The highest BCUT2D eigenvalue weighted by molar-refractivity contribution is 7.97. The van der Waals surface area contributed by atoms with Crippen LogP contribution in [0.15, 0.2) is 18.2 Å². The first-order valence-electron chi connectivity index (χ1n) is 5.99. The lowest BCUT2D eigenvalue weighted by atomic mass is 10.2. The molecule has 0 amide bonds. The zero-order chi connectivity index (χ0) is 13.4. The predicted octanol–water partition coefficient (Wildman–Crippen LogP) is 2.98. The van der Waals surface area contributed by atoms with Crippen molar-refractivity contribution in [1.82, 2.24) is 9.78 Å². The minimum absolute atomic E-state index is 0.277. The van der Waals surface area contributed by atoms with Crippen molar-refractivity contribution in [3.8, 4) is 5.69 Å². The van der Waals surface area contributed by atoms with Crippen LogP contribution in [0.4, 0.5) is 14.6 Å². The van der Waals surface area contributed by atoms with Gasteiger partial charge in [0.1, 0.15) is 17.3 Å². The van der Waals surface area contributed by atoms with Gasteiger partial charge in [-0.05, 0) is 24.8 Å². The van der Waals surface area contributed by atoms with E-state index in [2.05, 4.69) is 10.4 Å². The molecule has 1 aliphatic rings. The van der Waals surface area contributed by atoms with E-state index in [1.54, 1.807) is 16.4 Å². The number of hydrogen-bond donors (Lipinski definition) is 1. The van der Waals surface area contributed by atoms with E-state index in [0.29, 0.717) is 0 Å². The van der Waals surface area contributed by atoms with Crippen molar-refractivity contribution in [2.45, 2.75) is 12.2 Å². The average molecular weight is 281 g/mol. The lowest BCUT2D eigenvalue weighted by Gasteiger charge is -2.07. The van der Waals surface area contributed by atoms with E-state index >= 15 is 0 Å².